The highest BCUT2D eigenvalue weighted by molar-refractivity contribution is 5.69. The largest absolute Gasteiger partial charge is 0.497 e. The fourth-order valence-electron chi connectivity index (χ4n) is 4.23. The number of carbonyl (C=O) groups excluding carboxylic acids is 1. The van der Waals surface area contributed by atoms with Gasteiger partial charge in [-0.15, -0.1) is 0 Å². The Balaban J connectivity index is 1.31. The van der Waals surface area contributed by atoms with E-state index in [-0.39, 0.29) is 12.6 Å². The van der Waals surface area contributed by atoms with Gasteiger partial charge in [0, 0.05) is 12.0 Å². The predicted molar refractivity (Wildman–Crippen MR) is 89.6 cm³/mol. The Hall–Kier alpha value is -2.37. The van der Waals surface area contributed by atoms with Gasteiger partial charge in [0.25, 0.3) is 5.89 Å². The second-order valence-corrected chi connectivity index (χ2v) is 7.04. The van der Waals surface area contributed by atoms with Crippen LogP contribution in [0.3, 0.4) is 0 Å². The molecule has 3 atom stereocenters. The molecule has 2 aliphatic rings. The molecule has 0 saturated heterocycles. The Morgan fingerprint density at radius 3 is 3.00 bits per heavy atom. The highest BCUT2D eigenvalue weighted by Gasteiger charge is 2.40. The first-order valence-electron chi connectivity index (χ1n) is 8.84. The quantitative estimate of drug-likeness (QED) is 0.747. The Morgan fingerprint density at radius 2 is 2.24 bits per heavy atom. The number of hydrogen-bond acceptors (Lipinski definition) is 6. The maximum absolute atomic E-state index is 12.1. The van der Waals surface area contributed by atoms with E-state index in [0.29, 0.717) is 24.1 Å². The fourth-order valence-corrected chi connectivity index (χ4v) is 4.23. The topological polar surface area (TPSA) is 74.5 Å². The van der Waals surface area contributed by atoms with Crippen molar-refractivity contribution >= 4 is 5.97 Å². The average molecular weight is 342 g/mol. The highest BCUT2D eigenvalue weighted by atomic mass is 16.6. The van der Waals surface area contributed by atoms with E-state index < -0.39 is 0 Å². The number of carbonyl (C=O) groups is 1. The van der Waals surface area contributed by atoms with E-state index in [1.54, 1.807) is 7.11 Å². The molecular weight excluding hydrogens is 320 g/mol. The van der Waals surface area contributed by atoms with Gasteiger partial charge in [-0.1, -0.05) is 23.7 Å². The van der Waals surface area contributed by atoms with Crippen molar-refractivity contribution < 1.29 is 18.8 Å². The molecule has 0 spiro atoms. The molecule has 0 radical (unpaired) electrons. The van der Waals surface area contributed by atoms with Gasteiger partial charge in [-0.3, -0.25) is 4.79 Å². The first-order valence-corrected chi connectivity index (χ1v) is 8.84. The Morgan fingerprint density at radius 1 is 1.32 bits per heavy atom. The zero-order valence-corrected chi connectivity index (χ0v) is 14.3. The van der Waals surface area contributed by atoms with Crippen molar-refractivity contribution in [3.8, 4) is 17.1 Å². The molecule has 1 aromatic carbocycles. The van der Waals surface area contributed by atoms with Gasteiger partial charge in [-0.05, 0) is 49.1 Å². The first-order chi connectivity index (χ1) is 12.2. The summed E-state index contributed by atoms with van der Waals surface area (Å²) >= 11 is 0. The lowest BCUT2D eigenvalue weighted by Gasteiger charge is -2.20. The summed E-state index contributed by atoms with van der Waals surface area (Å²) in [6, 6.07) is 7.41. The summed E-state index contributed by atoms with van der Waals surface area (Å²) in [7, 11) is 1.61. The second kappa shape index (κ2) is 6.86. The molecule has 4 rings (SSSR count). The summed E-state index contributed by atoms with van der Waals surface area (Å²) in [5.74, 6) is 3.38. The normalized spacial score (nSPS) is 24.4. The van der Waals surface area contributed by atoms with Gasteiger partial charge in [0.05, 0.1) is 7.11 Å². The van der Waals surface area contributed by atoms with Crippen LogP contribution in [-0.4, -0.2) is 23.2 Å². The van der Waals surface area contributed by atoms with E-state index >= 15 is 0 Å². The molecule has 1 aromatic heterocycles. The summed E-state index contributed by atoms with van der Waals surface area (Å²) < 4.78 is 15.7. The number of aromatic nitrogens is 2. The van der Waals surface area contributed by atoms with Crippen molar-refractivity contribution in [2.75, 3.05) is 7.11 Å². The van der Waals surface area contributed by atoms with Crippen LogP contribution >= 0.6 is 0 Å². The van der Waals surface area contributed by atoms with Crippen LogP contribution in [0.1, 0.15) is 38.0 Å². The van der Waals surface area contributed by atoms with Crippen molar-refractivity contribution in [1.29, 1.82) is 0 Å². The Labute approximate surface area is 146 Å². The number of benzene rings is 1. The van der Waals surface area contributed by atoms with Crippen molar-refractivity contribution in [1.82, 2.24) is 10.1 Å². The van der Waals surface area contributed by atoms with Crippen LogP contribution in [0.5, 0.6) is 5.75 Å². The van der Waals surface area contributed by atoms with Crippen molar-refractivity contribution in [3.63, 3.8) is 0 Å². The lowest BCUT2D eigenvalue weighted by molar-refractivity contribution is -0.147. The van der Waals surface area contributed by atoms with Crippen molar-refractivity contribution in [2.24, 2.45) is 17.8 Å². The van der Waals surface area contributed by atoms with Crippen molar-refractivity contribution in [3.05, 3.63) is 30.2 Å². The third kappa shape index (κ3) is 3.52. The number of esters is 1. The molecule has 2 saturated carbocycles. The highest BCUT2D eigenvalue weighted by Crippen LogP contribution is 2.49. The van der Waals surface area contributed by atoms with Crippen LogP contribution in [0.4, 0.5) is 0 Å². The molecule has 6 heteroatoms. The minimum Gasteiger partial charge on any atom is -0.497 e. The molecule has 2 aromatic rings. The number of hydrogen-bond donors (Lipinski definition) is 0. The summed E-state index contributed by atoms with van der Waals surface area (Å²) in [5.41, 5.74) is 0.794. The molecule has 0 amide bonds. The molecule has 25 heavy (non-hydrogen) atoms. The number of ether oxygens (including phenoxy) is 2. The zero-order valence-electron chi connectivity index (χ0n) is 14.3. The summed E-state index contributed by atoms with van der Waals surface area (Å²) in [6.45, 7) is 0.0244. The molecule has 0 N–H and O–H groups in total. The molecular formula is C19H22N2O4. The lowest BCUT2D eigenvalue weighted by atomic mass is 9.86. The monoisotopic (exact) mass is 342 g/mol. The molecule has 6 nitrogen and oxygen atoms in total. The van der Waals surface area contributed by atoms with E-state index in [4.69, 9.17) is 14.0 Å². The average Bonchev–Trinajstić information content (AvgIpc) is 3.37. The number of rotatable bonds is 6. The Bertz CT molecular complexity index is 757. The van der Waals surface area contributed by atoms with Crippen molar-refractivity contribution in [2.45, 2.75) is 38.7 Å². The standard InChI is InChI=1S/C19H22N2O4/c1-23-16-4-2-3-14(9-16)19-20-17(25-21-19)11-24-18(22)10-15-8-12-5-6-13(15)7-12/h2-4,9,12-13,15H,5-8,10-11H2,1H3/t12-,13+,15-/m0/s1. The molecule has 2 aliphatic carbocycles. The number of methoxy groups -OCH3 is 1. The fraction of sp³-hybridized carbons (Fsp3) is 0.526. The first kappa shape index (κ1) is 16.1. The van der Waals surface area contributed by atoms with E-state index in [0.717, 1.165) is 23.1 Å². The molecule has 0 unspecified atom stereocenters. The van der Waals surface area contributed by atoms with Gasteiger partial charge in [-0.25, -0.2) is 0 Å². The SMILES string of the molecule is COc1cccc(-c2noc(COC(=O)C[C@@H]3C[C@H]4CC[C@@H]3C4)n2)c1. The van der Waals surface area contributed by atoms with Crippen LogP contribution in [0.25, 0.3) is 11.4 Å². The molecule has 1 heterocycles. The third-order valence-electron chi connectivity index (χ3n) is 5.47. The van der Waals surface area contributed by atoms with Gasteiger partial charge in [0.2, 0.25) is 5.82 Å². The van der Waals surface area contributed by atoms with E-state index in [9.17, 15) is 4.79 Å². The van der Waals surface area contributed by atoms with E-state index in [1.807, 2.05) is 24.3 Å². The second-order valence-electron chi connectivity index (χ2n) is 7.04. The number of fused-ring (bicyclic) bond motifs is 2. The van der Waals surface area contributed by atoms with Gasteiger partial charge >= 0.3 is 5.97 Å². The van der Waals surface area contributed by atoms with E-state index in [1.165, 1.54) is 25.7 Å². The van der Waals surface area contributed by atoms with Gasteiger partial charge in [0.15, 0.2) is 6.61 Å². The zero-order chi connectivity index (χ0) is 17.2. The summed E-state index contributed by atoms with van der Waals surface area (Å²) in [6.07, 6.45) is 5.60. The molecule has 132 valence electrons. The molecule has 0 aliphatic heterocycles. The van der Waals surface area contributed by atoms with Crippen LogP contribution in [0.15, 0.2) is 28.8 Å². The molecule has 2 bridgehead atoms. The van der Waals surface area contributed by atoms with E-state index in [2.05, 4.69) is 10.1 Å². The predicted octanol–water partition coefficient (Wildman–Crippen LogP) is 3.61. The van der Waals surface area contributed by atoms with Crippen LogP contribution in [0, 0.1) is 17.8 Å². The minimum atomic E-state index is -0.168. The van der Waals surface area contributed by atoms with Gasteiger partial charge in [-0.2, -0.15) is 4.98 Å². The van der Waals surface area contributed by atoms with Crippen LogP contribution in [0.2, 0.25) is 0 Å². The molecule has 2 fully saturated rings. The Kier molecular flexibility index (Phi) is 4.42. The smallest absolute Gasteiger partial charge is 0.306 e. The minimum absolute atomic E-state index is 0.0244. The number of nitrogens with zero attached hydrogens (tertiary/aromatic N) is 2. The van der Waals surface area contributed by atoms with Gasteiger partial charge < -0.3 is 14.0 Å². The van der Waals surface area contributed by atoms with Gasteiger partial charge in [0.1, 0.15) is 5.75 Å². The summed E-state index contributed by atoms with van der Waals surface area (Å²) in [5, 5.41) is 3.94. The lowest BCUT2D eigenvalue weighted by Crippen LogP contribution is -2.17. The third-order valence-corrected chi connectivity index (χ3v) is 5.47. The van der Waals surface area contributed by atoms with Crippen LogP contribution in [-0.2, 0) is 16.1 Å². The maximum Gasteiger partial charge on any atom is 0.306 e. The van der Waals surface area contributed by atoms with Crippen LogP contribution < -0.4 is 4.74 Å². The maximum atomic E-state index is 12.1. The summed E-state index contributed by atoms with van der Waals surface area (Å²) in [4.78, 5) is 16.4.